The van der Waals surface area contributed by atoms with Crippen LogP contribution in [0.4, 0.5) is 11.5 Å². The molecule has 2 aliphatic heterocycles. The number of anilines is 2. The van der Waals surface area contributed by atoms with Gasteiger partial charge in [-0.1, -0.05) is 30.3 Å². The molecule has 1 aromatic carbocycles. The highest BCUT2D eigenvalue weighted by Crippen LogP contribution is 2.29. The molecular weight excluding hydrogens is 368 g/mol. The van der Waals surface area contributed by atoms with Gasteiger partial charge >= 0.3 is 0 Å². The SMILES string of the molecule is O=C(NCCC1CCCCO1)c1cnc2c(c1)N(Cc1ccccc1)C(=O)CN2. The van der Waals surface area contributed by atoms with E-state index in [-0.39, 0.29) is 24.5 Å². The summed E-state index contributed by atoms with van der Waals surface area (Å²) in [6.07, 6.45) is 5.95. The number of ether oxygens (including phenoxy) is 1. The number of aromatic nitrogens is 1. The van der Waals surface area contributed by atoms with Crippen LogP contribution in [-0.2, 0) is 16.1 Å². The minimum Gasteiger partial charge on any atom is -0.378 e. The number of carbonyl (C=O) groups excluding carboxylic acids is 2. The molecule has 2 amide bonds. The number of rotatable bonds is 6. The maximum absolute atomic E-state index is 12.6. The molecule has 0 spiro atoms. The Bertz CT molecular complexity index is 866. The molecule has 152 valence electrons. The van der Waals surface area contributed by atoms with Gasteiger partial charge in [-0.05, 0) is 37.3 Å². The second kappa shape index (κ2) is 9.05. The van der Waals surface area contributed by atoms with Crippen molar-refractivity contribution in [2.75, 3.05) is 29.9 Å². The number of carbonyl (C=O) groups is 2. The molecule has 2 aliphatic rings. The first-order chi connectivity index (χ1) is 14.2. The monoisotopic (exact) mass is 394 g/mol. The van der Waals surface area contributed by atoms with Crippen LogP contribution < -0.4 is 15.5 Å². The van der Waals surface area contributed by atoms with E-state index in [1.165, 1.54) is 6.42 Å². The smallest absolute Gasteiger partial charge is 0.252 e. The minimum atomic E-state index is -0.186. The molecule has 4 rings (SSSR count). The third-order valence-corrected chi connectivity index (χ3v) is 5.34. The molecule has 7 heteroatoms. The van der Waals surface area contributed by atoms with Crippen LogP contribution in [0.5, 0.6) is 0 Å². The van der Waals surface area contributed by atoms with E-state index in [1.54, 1.807) is 17.2 Å². The maximum Gasteiger partial charge on any atom is 0.252 e. The molecule has 0 bridgehead atoms. The molecule has 2 aromatic rings. The number of nitrogens with zero attached hydrogens (tertiary/aromatic N) is 2. The quantitative estimate of drug-likeness (QED) is 0.787. The number of nitrogens with one attached hydrogen (secondary N) is 2. The molecule has 1 aromatic heterocycles. The van der Waals surface area contributed by atoms with Gasteiger partial charge in [-0.2, -0.15) is 0 Å². The van der Waals surface area contributed by atoms with Crippen molar-refractivity contribution in [3.8, 4) is 0 Å². The summed E-state index contributed by atoms with van der Waals surface area (Å²) in [5.74, 6) is 0.386. The third-order valence-electron chi connectivity index (χ3n) is 5.34. The van der Waals surface area contributed by atoms with Crippen LogP contribution in [0, 0.1) is 0 Å². The first-order valence-corrected chi connectivity index (χ1v) is 10.2. The molecule has 0 aliphatic carbocycles. The largest absolute Gasteiger partial charge is 0.378 e. The van der Waals surface area contributed by atoms with Gasteiger partial charge in [0.25, 0.3) is 5.91 Å². The van der Waals surface area contributed by atoms with Gasteiger partial charge in [0.15, 0.2) is 5.82 Å². The van der Waals surface area contributed by atoms with E-state index in [4.69, 9.17) is 4.74 Å². The summed E-state index contributed by atoms with van der Waals surface area (Å²) in [7, 11) is 0. The zero-order chi connectivity index (χ0) is 20.1. The lowest BCUT2D eigenvalue weighted by Crippen LogP contribution is -2.40. The van der Waals surface area contributed by atoms with Crippen molar-refractivity contribution in [3.63, 3.8) is 0 Å². The van der Waals surface area contributed by atoms with Crippen molar-refractivity contribution in [3.05, 3.63) is 53.7 Å². The molecule has 29 heavy (non-hydrogen) atoms. The first kappa shape index (κ1) is 19.4. The Morgan fingerprint density at radius 3 is 2.93 bits per heavy atom. The van der Waals surface area contributed by atoms with Crippen molar-refractivity contribution in [2.24, 2.45) is 0 Å². The Hall–Kier alpha value is -2.93. The van der Waals surface area contributed by atoms with Gasteiger partial charge in [0.05, 0.1) is 30.4 Å². The Labute approximate surface area is 170 Å². The first-order valence-electron chi connectivity index (χ1n) is 10.2. The predicted molar refractivity (Wildman–Crippen MR) is 111 cm³/mol. The highest BCUT2D eigenvalue weighted by Gasteiger charge is 2.26. The standard InChI is InChI=1S/C22H26N4O3/c27-20-14-25-21-19(26(20)15-16-6-2-1-3-7-16)12-17(13-24-21)22(28)23-10-9-18-8-4-5-11-29-18/h1-3,6-7,12-13,18H,4-5,8-11,14-15H2,(H,23,28)(H,24,25). The van der Waals surface area contributed by atoms with Crippen LogP contribution >= 0.6 is 0 Å². The third kappa shape index (κ3) is 4.74. The van der Waals surface area contributed by atoms with E-state index in [2.05, 4.69) is 15.6 Å². The Morgan fingerprint density at radius 1 is 1.28 bits per heavy atom. The van der Waals surface area contributed by atoms with Crippen LogP contribution in [0.3, 0.4) is 0 Å². The summed E-state index contributed by atoms with van der Waals surface area (Å²) in [6, 6.07) is 11.5. The van der Waals surface area contributed by atoms with Crippen molar-refractivity contribution >= 4 is 23.3 Å². The Balaban J connectivity index is 1.44. The van der Waals surface area contributed by atoms with Crippen LogP contribution in [0.1, 0.15) is 41.6 Å². The zero-order valence-corrected chi connectivity index (χ0v) is 16.4. The van der Waals surface area contributed by atoms with Gasteiger partial charge in [0.2, 0.25) is 5.91 Å². The van der Waals surface area contributed by atoms with Crippen LogP contribution in [0.2, 0.25) is 0 Å². The number of benzene rings is 1. The molecule has 1 atom stereocenters. The highest BCUT2D eigenvalue weighted by molar-refractivity contribution is 6.04. The summed E-state index contributed by atoms with van der Waals surface area (Å²) < 4.78 is 5.71. The molecule has 2 N–H and O–H groups in total. The molecule has 1 saturated heterocycles. The molecule has 7 nitrogen and oxygen atoms in total. The van der Waals surface area contributed by atoms with Crippen LogP contribution in [0.15, 0.2) is 42.6 Å². The second-order valence-corrected chi connectivity index (χ2v) is 7.44. The fourth-order valence-corrected chi connectivity index (χ4v) is 3.73. The molecule has 1 unspecified atom stereocenters. The summed E-state index contributed by atoms with van der Waals surface area (Å²) in [4.78, 5) is 31.2. The van der Waals surface area contributed by atoms with E-state index in [1.807, 2.05) is 30.3 Å². The van der Waals surface area contributed by atoms with E-state index >= 15 is 0 Å². The van der Waals surface area contributed by atoms with Gasteiger partial charge in [0.1, 0.15) is 0 Å². The summed E-state index contributed by atoms with van der Waals surface area (Å²) in [5, 5.41) is 5.98. The number of amides is 2. The molecule has 0 saturated carbocycles. The normalized spacial score (nSPS) is 18.7. The van der Waals surface area contributed by atoms with Gasteiger partial charge in [0, 0.05) is 19.3 Å². The lowest BCUT2D eigenvalue weighted by molar-refractivity contribution is -0.117. The minimum absolute atomic E-state index is 0.0461. The van der Waals surface area contributed by atoms with Crippen molar-refractivity contribution in [1.29, 1.82) is 0 Å². The van der Waals surface area contributed by atoms with Gasteiger partial charge in [-0.15, -0.1) is 0 Å². The van der Waals surface area contributed by atoms with Crippen LogP contribution in [0.25, 0.3) is 0 Å². The van der Waals surface area contributed by atoms with Crippen molar-refractivity contribution < 1.29 is 14.3 Å². The summed E-state index contributed by atoms with van der Waals surface area (Å²) in [5.41, 5.74) is 2.10. The molecule has 1 fully saturated rings. The number of pyridine rings is 1. The van der Waals surface area contributed by atoms with Crippen molar-refractivity contribution in [2.45, 2.75) is 38.3 Å². The summed E-state index contributed by atoms with van der Waals surface area (Å²) in [6.45, 7) is 2.01. The molecular formula is C22H26N4O3. The maximum atomic E-state index is 12.6. The fourth-order valence-electron chi connectivity index (χ4n) is 3.73. The zero-order valence-electron chi connectivity index (χ0n) is 16.4. The van der Waals surface area contributed by atoms with Crippen molar-refractivity contribution in [1.82, 2.24) is 10.3 Å². The van der Waals surface area contributed by atoms with Crippen LogP contribution in [-0.4, -0.2) is 42.6 Å². The summed E-state index contributed by atoms with van der Waals surface area (Å²) >= 11 is 0. The van der Waals surface area contributed by atoms with E-state index in [0.717, 1.165) is 31.4 Å². The Kier molecular flexibility index (Phi) is 6.05. The second-order valence-electron chi connectivity index (χ2n) is 7.44. The van der Waals surface area contributed by atoms with Gasteiger partial charge < -0.3 is 20.3 Å². The van der Waals surface area contributed by atoms with Gasteiger partial charge in [-0.3, -0.25) is 9.59 Å². The average molecular weight is 394 g/mol. The lowest BCUT2D eigenvalue weighted by atomic mass is 10.1. The molecule has 3 heterocycles. The Morgan fingerprint density at radius 2 is 2.14 bits per heavy atom. The van der Waals surface area contributed by atoms with E-state index in [0.29, 0.717) is 30.2 Å². The van der Waals surface area contributed by atoms with E-state index < -0.39 is 0 Å². The lowest BCUT2D eigenvalue weighted by Gasteiger charge is -2.29. The number of hydrogen-bond acceptors (Lipinski definition) is 5. The average Bonchev–Trinajstić information content (AvgIpc) is 2.77. The predicted octanol–water partition coefficient (Wildman–Crippen LogP) is 2.73. The fraction of sp³-hybridized carbons (Fsp3) is 0.409. The number of fused-ring (bicyclic) bond motifs is 1. The topological polar surface area (TPSA) is 83.6 Å². The highest BCUT2D eigenvalue weighted by atomic mass is 16.5. The van der Waals surface area contributed by atoms with Gasteiger partial charge in [-0.25, -0.2) is 4.98 Å². The van der Waals surface area contributed by atoms with E-state index in [9.17, 15) is 9.59 Å². The number of hydrogen-bond donors (Lipinski definition) is 2. The molecule has 0 radical (unpaired) electrons.